The Balaban J connectivity index is 1.99. The molecular weight excluding hydrogens is 246 g/mol. The smallest absolute Gasteiger partial charge is 0.251 e. The van der Waals surface area contributed by atoms with Gasteiger partial charge >= 0.3 is 0 Å². The largest absolute Gasteiger partial charge is 0.454 e. The summed E-state index contributed by atoms with van der Waals surface area (Å²) >= 11 is 0. The molecule has 1 heterocycles. The molecule has 1 aliphatic rings. The summed E-state index contributed by atoms with van der Waals surface area (Å²) in [4.78, 5) is 23.6. The number of amides is 1. The van der Waals surface area contributed by atoms with Crippen molar-refractivity contribution in [2.45, 2.75) is 20.8 Å². The van der Waals surface area contributed by atoms with E-state index in [4.69, 9.17) is 9.47 Å². The molecule has 1 aromatic rings. The Hall–Kier alpha value is -2.04. The molecule has 0 spiro atoms. The molecule has 1 amide bonds. The first-order valence-electron chi connectivity index (χ1n) is 6.09. The Morgan fingerprint density at radius 3 is 2.58 bits per heavy atom. The average Bonchev–Trinajstić information content (AvgIpc) is 2.81. The zero-order chi connectivity index (χ0) is 14.0. The summed E-state index contributed by atoms with van der Waals surface area (Å²) in [6.07, 6.45) is 0. The highest BCUT2D eigenvalue weighted by molar-refractivity contribution is 5.98. The fourth-order valence-electron chi connectivity index (χ4n) is 1.57. The van der Waals surface area contributed by atoms with Gasteiger partial charge in [0.2, 0.25) is 6.79 Å². The lowest BCUT2D eigenvalue weighted by molar-refractivity contribution is -0.125. The van der Waals surface area contributed by atoms with Crippen LogP contribution in [0.2, 0.25) is 0 Å². The maximum Gasteiger partial charge on any atom is 0.251 e. The molecule has 102 valence electrons. The van der Waals surface area contributed by atoms with Crippen molar-refractivity contribution in [1.82, 2.24) is 5.32 Å². The van der Waals surface area contributed by atoms with Crippen LogP contribution in [-0.2, 0) is 4.79 Å². The SMILES string of the molecule is CC(C)(C)C(=O)CNC(=O)c1ccc2c(c1)OCO2. The van der Waals surface area contributed by atoms with E-state index in [0.29, 0.717) is 17.1 Å². The minimum Gasteiger partial charge on any atom is -0.454 e. The first-order valence-corrected chi connectivity index (χ1v) is 6.09. The molecule has 0 atom stereocenters. The van der Waals surface area contributed by atoms with Crippen LogP contribution in [0.25, 0.3) is 0 Å². The van der Waals surface area contributed by atoms with Gasteiger partial charge in [-0.15, -0.1) is 0 Å². The number of hydrogen-bond donors (Lipinski definition) is 1. The van der Waals surface area contributed by atoms with E-state index >= 15 is 0 Å². The molecule has 5 nitrogen and oxygen atoms in total. The van der Waals surface area contributed by atoms with Gasteiger partial charge in [0.25, 0.3) is 5.91 Å². The first kappa shape index (κ1) is 13.4. The van der Waals surface area contributed by atoms with Gasteiger partial charge in [-0.3, -0.25) is 9.59 Å². The third-order valence-corrected chi connectivity index (χ3v) is 2.88. The lowest BCUT2D eigenvalue weighted by Gasteiger charge is -2.16. The van der Waals surface area contributed by atoms with Crippen LogP contribution in [0.15, 0.2) is 18.2 Å². The summed E-state index contributed by atoms with van der Waals surface area (Å²) in [7, 11) is 0. The van der Waals surface area contributed by atoms with E-state index in [1.165, 1.54) is 0 Å². The summed E-state index contributed by atoms with van der Waals surface area (Å²) in [5, 5.41) is 2.61. The second kappa shape index (κ2) is 4.91. The van der Waals surface area contributed by atoms with Gasteiger partial charge in [0, 0.05) is 11.0 Å². The molecule has 0 saturated heterocycles. The van der Waals surface area contributed by atoms with Gasteiger partial charge in [0.05, 0.1) is 6.54 Å². The predicted molar refractivity (Wildman–Crippen MR) is 69.4 cm³/mol. The number of carbonyl (C=O) groups excluding carboxylic acids is 2. The summed E-state index contributed by atoms with van der Waals surface area (Å²) in [5.74, 6) is 0.870. The summed E-state index contributed by atoms with van der Waals surface area (Å²) in [6.45, 7) is 5.66. The lowest BCUT2D eigenvalue weighted by atomic mass is 9.91. The molecule has 1 N–H and O–H groups in total. The van der Waals surface area contributed by atoms with E-state index in [2.05, 4.69) is 5.32 Å². The van der Waals surface area contributed by atoms with Crippen LogP contribution in [-0.4, -0.2) is 25.0 Å². The Labute approximate surface area is 111 Å². The van der Waals surface area contributed by atoms with Crippen molar-refractivity contribution in [1.29, 1.82) is 0 Å². The monoisotopic (exact) mass is 263 g/mol. The quantitative estimate of drug-likeness (QED) is 0.902. The molecule has 2 rings (SSSR count). The van der Waals surface area contributed by atoms with Gasteiger partial charge in [0.1, 0.15) is 0 Å². The number of benzene rings is 1. The third kappa shape index (κ3) is 3.05. The highest BCUT2D eigenvalue weighted by Crippen LogP contribution is 2.32. The molecule has 0 aliphatic carbocycles. The second-order valence-corrected chi connectivity index (χ2v) is 5.42. The third-order valence-electron chi connectivity index (χ3n) is 2.88. The molecule has 0 saturated carbocycles. The van der Waals surface area contributed by atoms with Gasteiger partial charge in [-0.1, -0.05) is 20.8 Å². The normalized spacial score (nSPS) is 13.2. The van der Waals surface area contributed by atoms with Crippen LogP contribution in [0, 0.1) is 5.41 Å². The van der Waals surface area contributed by atoms with E-state index in [1.54, 1.807) is 18.2 Å². The number of rotatable bonds is 3. The van der Waals surface area contributed by atoms with Crippen LogP contribution >= 0.6 is 0 Å². The fraction of sp³-hybridized carbons (Fsp3) is 0.429. The molecule has 1 aromatic carbocycles. The van der Waals surface area contributed by atoms with Crippen molar-refractivity contribution in [3.8, 4) is 11.5 Å². The Morgan fingerprint density at radius 2 is 1.89 bits per heavy atom. The van der Waals surface area contributed by atoms with E-state index in [1.807, 2.05) is 20.8 Å². The topological polar surface area (TPSA) is 64.6 Å². The standard InChI is InChI=1S/C14H17NO4/c1-14(2,3)12(16)7-15-13(17)9-4-5-10-11(6-9)19-8-18-10/h4-6H,7-8H2,1-3H3,(H,15,17). The molecular formula is C14H17NO4. The Morgan fingerprint density at radius 1 is 1.21 bits per heavy atom. The minimum atomic E-state index is -0.456. The number of nitrogens with one attached hydrogen (secondary N) is 1. The predicted octanol–water partition coefficient (Wildman–Crippen LogP) is 1.76. The van der Waals surface area contributed by atoms with Gasteiger partial charge in [0.15, 0.2) is 17.3 Å². The second-order valence-electron chi connectivity index (χ2n) is 5.42. The minimum absolute atomic E-state index is 0.0124. The highest BCUT2D eigenvalue weighted by Gasteiger charge is 2.22. The maximum absolute atomic E-state index is 11.9. The zero-order valence-corrected chi connectivity index (χ0v) is 11.3. The Bertz CT molecular complexity index is 517. The zero-order valence-electron chi connectivity index (χ0n) is 11.3. The van der Waals surface area contributed by atoms with Crippen LogP contribution in [0.3, 0.4) is 0 Å². The van der Waals surface area contributed by atoms with Crippen molar-refractivity contribution < 1.29 is 19.1 Å². The first-order chi connectivity index (χ1) is 8.88. The maximum atomic E-state index is 11.9. The number of fused-ring (bicyclic) bond motifs is 1. The fourth-order valence-corrected chi connectivity index (χ4v) is 1.57. The number of hydrogen-bond acceptors (Lipinski definition) is 4. The van der Waals surface area contributed by atoms with Crippen molar-refractivity contribution in [3.63, 3.8) is 0 Å². The lowest BCUT2D eigenvalue weighted by Crippen LogP contribution is -2.35. The molecule has 0 fully saturated rings. The molecule has 19 heavy (non-hydrogen) atoms. The molecule has 5 heteroatoms. The number of carbonyl (C=O) groups is 2. The van der Waals surface area contributed by atoms with Crippen LogP contribution in [0.1, 0.15) is 31.1 Å². The van der Waals surface area contributed by atoms with Gasteiger partial charge < -0.3 is 14.8 Å². The van der Waals surface area contributed by atoms with Crippen LogP contribution in [0.4, 0.5) is 0 Å². The molecule has 0 aromatic heterocycles. The van der Waals surface area contributed by atoms with E-state index in [-0.39, 0.29) is 25.0 Å². The summed E-state index contributed by atoms with van der Waals surface area (Å²) in [5.41, 5.74) is -0.00622. The number of Topliss-reactive ketones (excluding diaryl/α,β-unsaturated/α-hetero) is 1. The number of ether oxygens (including phenoxy) is 2. The van der Waals surface area contributed by atoms with E-state index < -0.39 is 5.41 Å². The van der Waals surface area contributed by atoms with E-state index in [0.717, 1.165) is 0 Å². The number of ketones is 1. The molecule has 0 unspecified atom stereocenters. The van der Waals surface area contributed by atoms with Gasteiger partial charge in [-0.25, -0.2) is 0 Å². The van der Waals surface area contributed by atoms with Crippen LogP contribution < -0.4 is 14.8 Å². The van der Waals surface area contributed by atoms with Crippen molar-refractivity contribution in [2.75, 3.05) is 13.3 Å². The average molecular weight is 263 g/mol. The molecule has 1 aliphatic heterocycles. The van der Waals surface area contributed by atoms with Crippen molar-refractivity contribution in [2.24, 2.45) is 5.41 Å². The van der Waals surface area contributed by atoms with Crippen molar-refractivity contribution >= 4 is 11.7 Å². The van der Waals surface area contributed by atoms with Crippen LogP contribution in [0.5, 0.6) is 11.5 Å². The van der Waals surface area contributed by atoms with Gasteiger partial charge in [-0.2, -0.15) is 0 Å². The summed E-state index contributed by atoms with van der Waals surface area (Å²) in [6, 6.07) is 4.94. The molecule has 0 radical (unpaired) electrons. The molecule has 0 bridgehead atoms. The van der Waals surface area contributed by atoms with E-state index in [9.17, 15) is 9.59 Å². The van der Waals surface area contributed by atoms with Crippen molar-refractivity contribution in [3.05, 3.63) is 23.8 Å². The van der Waals surface area contributed by atoms with Gasteiger partial charge in [-0.05, 0) is 18.2 Å². The highest BCUT2D eigenvalue weighted by atomic mass is 16.7. The summed E-state index contributed by atoms with van der Waals surface area (Å²) < 4.78 is 10.4. The Kier molecular flexibility index (Phi) is 3.46.